The van der Waals surface area contributed by atoms with Crippen molar-refractivity contribution in [2.45, 2.75) is 26.3 Å². The Balaban J connectivity index is 2.10. The summed E-state index contributed by atoms with van der Waals surface area (Å²) in [5.74, 6) is 5.89. The van der Waals surface area contributed by atoms with Gasteiger partial charge in [-0.05, 0) is 31.0 Å². The van der Waals surface area contributed by atoms with Crippen molar-refractivity contribution in [3.05, 3.63) is 64.8 Å². The van der Waals surface area contributed by atoms with Crippen LogP contribution in [0.3, 0.4) is 0 Å². The van der Waals surface area contributed by atoms with E-state index in [0.29, 0.717) is 12.1 Å². The highest BCUT2D eigenvalue weighted by Gasteiger charge is 2.39. The third-order valence-electron chi connectivity index (χ3n) is 4.44. The minimum atomic E-state index is -3.44. The molecule has 0 spiro atoms. The number of aryl methyl sites for hydroxylation is 2. The van der Waals surface area contributed by atoms with Crippen LogP contribution >= 0.6 is 0 Å². The molecule has 2 aromatic carbocycles. The summed E-state index contributed by atoms with van der Waals surface area (Å²) in [6.07, 6.45) is 0. The van der Waals surface area contributed by atoms with Gasteiger partial charge in [-0.3, -0.25) is 4.68 Å². The van der Waals surface area contributed by atoms with Crippen LogP contribution in [-0.2, 0) is 12.5 Å². The van der Waals surface area contributed by atoms with Gasteiger partial charge in [-0.2, -0.15) is 19.0 Å². The number of hydrazone groups is 1. The summed E-state index contributed by atoms with van der Waals surface area (Å²) >= 11 is 0. The van der Waals surface area contributed by atoms with Gasteiger partial charge in [0.25, 0.3) is 0 Å². The van der Waals surface area contributed by atoms with Gasteiger partial charge in [0.1, 0.15) is 0 Å². The zero-order chi connectivity index (χ0) is 18.9. The van der Waals surface area contributed by atoms with Crippen molar-refractivity contribution in [3.8, 4) is 0 Å². The first-order valence-electron chi connectivity index (χ1n) is 8.03. The summed E-state index contributed by atoms with van der Waals surface area (Å²) in [4.78, 5) is 0. The molecule has 0 fully saturated rings. The van der Waals surface area contributed by atoms with Crippen molar-refractivity contribution < 1.29 is 8.78 Å². The quantitative estimate of drug-likeness (QED) is 0.289. The van der Waals surface area contributed by atoms with E-state index >= 15 is 0 Å². The van der Waals surface area contributed by atoms with Gasteiger partial charge in [-0.1, -0.05) is 36.4 Å². The van der Waals surface area contributed by atoms with Crippen LogP contribution in [0.2, 0.25) is 0 Å². The van der Waals surface area contributed by atoms with Gasteiger partial charge in [0.05, 0.1) is 17.8 Å². The maximum Gasteiger partial charge on any atom is 0.332 e. The van der Waals surface area contributed by atoms with E-state index < -0.39 is 11.8 Å². The molecule has 0 amide bonds. The normalized spacial score (nSPS) is 12.6. The molecule has 5 N–H and O–H groups in total. The molecule has 0 aliphatic carbocycles. The lowest BCUT2D eigenvalue weighted by Gasteiger charge is -2.18. The van der Waals surface area contributed by atoms with E-state index in [9.17, 15) is 8.78 Å². The van der Waals surface area contributed by atoms with E-state index in [0.717, 1.165) is 22.2 Å². The van der Waals surface area contributed by atoms with Crippen LogP contribution in [0.5, 0.6) is 0 Å². The molecule has 0 radical (unpaired) electrons. The summed E-state index contributed by atoms with van der Waals surface area (Å²) in [6.45, 7) is 4.34. The number of fused-ring (bicyclic) bond motifs is 1. The molecule has 6 nitrogen and oxygen atoms in total. The van der Waals surface area contributed by atoms with Crippen molar-refractivity contribution in [2.24, 2.45) is 16.8 Å². The molecule has 26 heavy (non-hydrogen) atoms. The Morgan fingerprint density at radius 3 is 2.62 bits per heavy atom. The number of rotatable bonds is 4. The lowest BCUT2D eigenvalue weighted by Crippen LogP contribution is -2.43. The molecule has 1 aromatic heterocycles. The summed E-state index contributed by atoms with van der Waals surface area (Å²) in [7, 11) is 0. The van der Waals surface area contributed by atoms with Gasteiger partial charge in [0.2, 0.25) is 5.84 Å². The maximum absolute atomic E-state index is 14.6. The number of alkyl halides is 2. The highest BCUT2D eigenvalue weighted by atomic mass is 19.3. The maximum atomic E-state index is 14.6. The number of benzene rings is 2. The molecule has 136 valence electrons. The number of aromatic nitrogens is 2. The number of hydrogen-bond acceptors (Lipinski definition) is 4. The van der Waals surface area contributed by atoms with E-state index in [1.807, 2.05) is 43.5 Å². The van der Waals surface area contributed by atoms with Crippen LogP contribution in [-0.4, -0.2) is 15.6 Å². The SMILES string of the molecule is Cc1ccccc1Cn1nc(C)c2ccc(C(F)(F)/C(=N/N)NN)cc21. The first kappa shape index (κ1) is 17.8. The fourth-order valence-corrected chi connectivity index (χ4v) is 2.95. The second-order valence-electron chi connectivity index (χ2n) is 6.10. The second-order valence-corrected chi connectivity index (χ2v) is 6.10. The summed E-state index contributed by atoms with van der Waals surface area (Å²) in [6, 6.07) is 12.3. The van der Waals surface area contributed by atoms with Crippen LogP contribution < -0.4 is 17.1 Å². The zero-order valence-corrected chi connectivity index (χ0v) is 14.5. The molecule has 0 saturated carbocycles. The van der Waals surface area contributed by atoms with Gasteiger partial charge in [0, 0.05) is 10.9 Å². The number of nitrogens with zero attached hydrogens (tertiary/aromatic N) is 3. The van der Waals surface area contributed by atoms with Gasteiger partial charge in [0.15, 0.2) is 0 Å². The standard InChI is InChI=1S/C18H20F2N6/c1-11-5-3-4-6-13(11)10-26-16-9-14(7-8-15(16)12(2)25-26)18(19,20)17(23-21)24-22/h3-9H,10,21-22H2,1-2H3,(H,23,24). The van der Waals surface area contributed by atoms with E-state index in [2.05, 4.69) is 10.2 Å². The summed E-state index contributed by atoms with van der Waals surface area (Å²) in [5.41, 5.74) is 5.15. The number of nitrogens with two attached hydrogens (primary N) is 2. The Kier molecular flexibility index (Phi) is 4.60. The molecule has 3 aromatic rings. The monoisotopic (exact) mass is 358 g/mol. The Labute approximate surface area is 149 Å². The third kappa shape index (κ3) is 2.99. The second kappa shape index (κ2) is 6.72. The topological polar surface area (TPSA) is 94.2 Å². The van der Waals surface area contributed by atoms with Crippen molar-refractivity contribution in [1.29, 1.82) is 0 Å². The van der Waals surface area contributed by atoms with E-state index in [-0.39, 0.29) is 5.56 Å². The average Bonchev–Trinajstić information content (AvgIpc) is 2.93. The molecule has 0 unspecified atom stereocenters. The molecular weight excluding hydrogens is 338 g/mol. The number of halogens is 2. The highest BCUT2D eigenvalue weighted by molar-refractivity contribution is 5.91. The number of nitrogens with one attached hydrogen (secondary N) is 1. The predicted octanol–water partition coefficient (Wildman–Crippen LogP) is 2.53. The zero-order valence-electron chi connectivity index (χ0n) is 14.5. The van der Waals surface area contributed by atoms with Crippen molar-refractivity contribution >= 4 is 16.7 Å². The Morgan fingerprint density at radius 2 is 1.96 bits per heavy atom. The van der Waals surface area contributed by atoms with Crippen LogP contribution in [0, 0.1) is 13.8 Å². The van der Waals surface area contributed by atoms with Gasteiger partial charge < -0.3 is 11.3 Å². The Morgan fingerprint density at radius 1 is 1.23 bits per heavy atom. The largest absolute Gasteiger partial charge is 0.332 e. The number of hydrogen-bond donors (Lipinski definition) is 3. The molecule has 0 atom stereocenters. The molecule has 0 saturated heterocycles. The minimum Gasteiger partial charge on any atom is -0.321 e. The summed E-state index contributed by atoms with van der Waals surface area (Å²) < 4.78 is 30.9. The van der Waals surface area contributed by atoms with Gasteiger partial charge in [-0.15, -0.1) is 0 Å². The molecule has 3 rings (SSSR count). The molecule has 0 aliphatic heterocycles. The van der Waals surface area contributed by atoms with E-state index in [1.54, 1.807) is 10.7 Å². The smallest absolute Gasteiger partial charge is 0.321 e. The van der Waals surface area contributed by atoms with Crippen molar-refractivity contribution in [3.63, 3.8) is 0 Å². The fraction of sp³-hybridized carbons (Fsp3) is 0.222. The van der Waals surface area contributed by atoms with Gasteiger partial charge >= 0.3 is 5.92 Å². The van der Waals surface area contributed by atoms with Crippen LogP contribution in [0.25, 0.3) is 10.9 Å². The van der Waals surface area contributed by atoms with Gasteiger partial charge in [-0.25, -0.2) is 5.84 Å². The van der Waals surface area contributed by atoms with E-state index in [1.165, 1.54) is 12.1 Å². The lowest BCUT2D eigenvalue weighted by atomic mass is 10.0. The van der Waals surface area contributed by atoms with Crippen LogP contribution in [0.4, 0.5) is 8.78 Å². The third-order valence-corrected chi connectivity index (χ3v) is 4.44. The predicted molar refractivity (Wildman–Crippen MR) is 97.6 cm³/mol. The molecule has 0 bridgehead atoms. The lowest BCUT2D eigenvalue weighted by molar-refractivity contribution is 0.0714. The molecule has 1 heterocycles. The van der Waals surface area contributed by atoms with Crippen LogP contribution in [0.15, 0.2) is 47.6 Å². The molecule has 8 heteroatoms. The number of hydrazine groups is 1. The fourth-order valence-electron chi connectivity index (χ4n) is 2.95. The number of amidine groups is 1. The Bertz CT molecular complexity index is 977. The molecular formula is C18H20F2N6. The van der Waals surface area contributed by atoms with E-state index in [4.69, 9.17) is 11.7 Å². The first-order valence-corrected chi connectivity index (χ1v) is 8.03. The Hall–Kier alpha value is -3.00. The first-order chi connectivity index (χ1) is 12.4. The summed E-state index contributed by atoms with van der Waals surface area (Å²) in [5, 5.41) is 8.37. The highest BCUT2D eigenvalue weighted by Crippen LogP contribution is 2.32. The van der Waals surface area contributed by atoms with Crippen molar-refractivity contribution in [1.82, 2.24) is 15.2 Å². The van der Waals surface area contributed by atoms with Crippen LogP contribution in [0.1, 0.15) is 22.4 Å². The molecule has 0 aliphatic rings. The minimum absolute atomic E-state index is 0.266. The average molecular weight is 358 g/mol. The van der Waals surface area contributed by atoms with Crippen molar-refractivity contribution in [2.75, 3.05) is 0 Å².